The first-order chi connectivity index (χ1) is 15.1. The maximum absolute atomic E-state index is 12.0. The number of nitrogens with two attached hydrogens (primary N) is 2. The van der Waals surface area contributed by atoms with Crippen LogP contribution in [0.1, 0.15) is 70.6 Å². The van der Waals surface area contributed by atoms with E-state index in [-0.39, 0.29) is 10.2 Å². The van der Waals surface area contributed by atoms with Crippen molar-refractivity contribution >= 4 is 45.1 Å². The van der Waals surface area contributed by atoms with Crippen molar-refractivity contribution < 1.29 is 9.59 Å². The number of hydrogen-bond acceptors (Lipinski definition) is 6. The Labute approximate surface area is 194 Å². The molecule has 0 fully saturated rings. The maximum Gasteiger partial charge on any atom is 0.193 e. The highest BCUT2D eigenvalue weighted by Crippen LogP contribution is 2.28. The van der Waals surface area contributed by atoms with Gasteiger partial charge in [0.25, 0.3) is 0 Å². The summed E-state index contributed by atoms with van der Waals surface area (Å²) < 4.78 is 0. The summed E-state index contributed by atoms with van der Waals surface area (Å²) >= 11 is 2.51. The average Bonchev–Trinajstić information content (AvgIpc) is 2.75. The SMILES string of the molecule is Nc1ccccc1SC(=O)CCCCCCCCCCCC(=O)Sc1ccccc1N. The van der Waals surface area contributed by atoms with Gasteiger partial charge in [-0.25, -0.2) is 0 Å². The number of thioether (sulfide) groups is 2. The monoisotopic (exact) mass is 458 g/mol. The molecule has 0 saturated heterocycles. The summed E-state index contributed by atoms with van der Waals surface area (Å²) in [6, 6.07) is 15.0. The van der Waals surface area contributed by atoms with Crippen molar-refractivity contribution in [1.29, 1.82) is 0 Å². The third kappa shape index (κ3) is 10.8. The second-order valence-corrected chi connectivity index (χ2v) is 9.90. The highest BCUT2D eigenvalue weighted by molar-refractivity contribution is 8.14. The highest BCUT2D eigenvalue weighted by Gasteiger charge is 2.08. The van der Waals surface area contributed by atoms with Gasteiger partial charge in [0.2, 0.25) is 0 Å². The van der Waals surface area contributed by atoms with Crippen LogP contribution in [0.4, 0.5) is 11.4 Å². The molecule has 4 nitrogen and oxygen atoms in total. The molecule has 0 unspecified atom stereocenters. The molecule has 0 aromatic heterocycles. The van der Waals surface area contributed by atoms with Crippen LogP contribution in [-0.2, 0) is 9.59 Å². The van der Waals surface area contributed by atoms with Crippen molar-refractivity contribution in [1.82, 2.24) is 0 Å². The first-order valence-electron chi connectivity index (χ1n) is 11.2. The lowest BCUT2D eigenvalue weighted by Crippen LogP contribution is -1.95. The van der Waals surface area contributed by atoms with Gasteiger partial charge in [0.15, 0.2) is 10.2 Å². The number of nitrogen functional groups attached to an aromatic ring is 2. The van der Waals surface area contributed by atoms with Crippen LogP contribution in [0, 0.1) is 0 Å². The molecule has 0 aliphatic carbocycles. The maximum atomic E-state index is 12.0. The quantitative estimate of drug-likeness (QED) is 0.179. The van der Waals surface area contributed by atoms with E-state index in [9.17, 15) is 9.59 Å². The van der Waals surface area contributed by atoms with Gasteiger partial charge >= 0.3 is 0 Å². The Hall–Kier alpha value is -1.92. The fourth-order valence-electron chi connectivity index (χ4n) is 3.27. The molecular weight excluding hydrogens is 424 g/mol. The topological polar surface area (TPSA) is 86.2 Å². The molecule has 0 radical (unpaired) electrons. The van der Waals surface area contributed by atoms with Crippen LogP contribution in [0.15, 0.2) is 58.3 Å². The summed E-state index contributed by atoms with van der Waals surface area (Å²) in [4.78, 5) is 25.8. The van der Waals surface area contributed by atoms with Crippen molar-refractivity contribution in [2.45, 2.75) is 80.4 Å². The second-order valence-electron chi connectivity index (χ2n) is 7.71. The molecule has 0 aliphatic rings. The van der Waals surface area contributed by atoms with Crippen molar-refractivity contribution in [2.75, 3.05) is 11.5 Å². The Morgan fingerprint density at radius 1 is 0.548 bits per heavy atom. The van der Waals surface area contributed by atoms with E-state index in [2.05, 4.69) is 0 Å². The van der Waals surface area contributed by atoms with Crippen molar-refractivity contribution in [3.8, 4) is 0 Å². The number of para-hydroxylation sites is 2. The molecule has 4 N–H and O–H groups in total. The van der Waals surface area contributed by atoms with Crippen LogP contribution in [0.5, 0.6) is 0 Å². The van der Waals surface area contributed by atoms with Crippen molar-refractivity contribution in [2.24, 2.45) is 0 Å². The number of benzene rings is 2. The van der Waals surface area contributed by atoms with Crippen LogP contribution in [0.25, 0.3) is 0 Å². The first-order valence-corrected chi connectivity index (χ1v) is 12.8. The summed E-state index contributed by atoms with van der Waals surface area (Å²) in [5.41, 5.74) is 13.1. The molecule has 0 bridgehead atoms. The molecule has 0 amide bonds. The molecule has 168 valence electrons. The van der Waals surface area contributed by atoms with Crippen LogP contribution in [0.2, 0.25) is 0 Å². The van der Waals surface area contributed by atoms with E-state index in [0.29, 0.717) is 24.2 Å². The second kappa shape index (κ2) is 15.0. The zero-order valence-electron chi connectivity index (χ0n) is 18.2. The minimum atomic E-state index is 0.195. The molecule has 0 heterocycles. The van der Waals surface area contributed by atoms with Gasteiger partial charge in [-0.1, -0.05) is 69.2 Å². The third-order valence-electron chi connectivity index (χ3n) is 5.05. The van der Waals surface area contributed by atoms with E-state index in [1.165, 1.54) is 55.6 Å². The van der Waals surface area contributed by atoms with Gasteiger partial charge in [0, 0.05) is 34.0 Å². The van der Waals surface area contributed by atoms with E-state index in [0.717, 1.165) is 35.5 Å². The molecule has 0 spiro atoms. The van der Waals surface area contributed by atoms with Crippen LogP contribution in [0.3, 0.4) is 0 Å². The van der Waals surface area contributed by atoms with Crippen LogP contribution in [-0.4, -0.2) is 10.2 Å². The van der Waals surface area contributed by atoms with Gasteiger partial charge < -0.3 is 11.5 Å². The zero-order valence-corrected chi connectivity index (χ0v) is 19.8. The molecule has 6 heteroatoms. The van der Waals surface area contributed by atoms with Gasteiger partial charge in [-0.3, -0.25) is 9.59 Å². The van der Waals surface area contributed by atoms with E-state index in [4.69, 9.17) is 11.5 Å². The van der Waals surface area contributed by atoms with Gasteiger partial charge in [-0.15, -0.1) is 0 Å². The Kier molecular flexibility index (Phi) is 12.2. The molecule has 2 aromatic carbocycles. The summed E-state index contributed by atoms with van der Waals surface area (Å²) in [7, 11) is 0. The number of anilines is 2. The molecule has 2 rings (SSSR count). The average molecular weight is 459 g/mol. The lowest BCUT2D eigenvalue weighted by atomic mass is 10.1. The van der Waals surface area contributed by atoms with E-state index < -0.39 is 0 Å². The Bertz CT molecular complexity index is 759. The molecule has 0 aliphatic heterocycles. The lowest BCUT2D eigenvalue weighted by molar-refractivity contribution is -0.111. The smallest absolute Gasteiger partial charge is 0.193 e. The first kappa shape index (κ1) is 25.3. The van der Waals surface area contributed by atoms with Crippen molar-refractivity contribution in [3.05, 3.63) is 48.5 Å². The predicted octanol–water partition coefficient (Wildman–Crippen LogP) is 7.08. The summed E-state index contributed by atoms with van der Waals surface area (Å²) in [6.45, 7) is 0. The van der Waals surface area contributed by atoms with Gasteiger partial charge in [0.05, 0.1) is 0 Å². The van der Waals surface area contributed by atoms with Gasteiger partial charge in [-0.05, 0) is 60.6 Å². The molecule has 0 saturated carbocycles. The molecular formula is C25H34N2O2S2. The predicted molar refractivity (Wildman–Crippen MR) is 134 cm³/mol. The normalized spacial score (nSPS) is 10.8. The number of rotatable bonds is 14. The van der Waals surface area contributed by atoms with Gasteiger partial charge in [0.1, 0.15) is 0 Å². The minimum absolute atomic E-state index is 0.195. The Morgan fingerprint density at radius 3 is 1.23 bits per heavy atom. The zero-order chi connectivity index (χ0) is 22.3. The molecule has 31 heavy (non-hydrogen) atoms. The lowest BCUT2D eigenvalue weighted by Gasteiger charge is -2.05. The number of carbonyl (C=O) groups is 2. The minimum Gasteiger partial charge on any atom is -0.398 e. The number of carbonyl (C=O) groups excluding carboxylic acids is 2. The largest absolute Gasteiger partial charge is 0.398 e. The Balaban J connectivity index is 1.39. The van der Waals surface area contributed by atoms with Crippen molar-refractivity contribution in [3.63, 3.8) is 0 Å². The highest BCUT2D eigenvalue weighted by atomic mass is 32.2. The summed E-state index contributed by atoms with van der Waals surface area (Å²) in [5.74, 6) is 0. The summed E-state index contributed by atoms with van der Waals surface area (Å²) in [5, 5.41) is 0.390. The fourth-order valence-corrected chi connectivity index (χ4v) is 4.92. The standard InChI is InChI=1S/C25H34N2O2S2/c26-20-14-10-12-16-22(20)30-24(28)18-8-6-4-2-1-3-5-7-9-19-25(29)31-23-17-13-11-15-21(23)27/h10-17H,1-9,18-19,26-27H2. The van der Waals surface area contributed by atoms with Crippen LogP contribution < -0.4 is 11.5 Å². The number of hydrogen-bond donors (Lipinski definition) is 2. The number of unbranched alkanes of at least 4 members (excludes halogenated alkanes) is 8. The molecule has 2 aromatic rings. The van der Waals surface area contributed by atoms with E-state index in [1.54, 1.807) is 0 Å². The fraction of sp³-hybridized carbons (Fsp3) is 0.440. The van der Waals surface area contributed by atoms with E-state index >= 15 is 0 Å². The van der Waals surface area contributed by atoms with Crippen LogP contribution >= 0.6 is 23.5 Å². The molecule has 0 atom stereocenters. The van der Waals surface area contributed by atoms with E-state index in [1.807, 2.05) is 48.5 Å². The Morgan fingerprint density at radius 2 is 0.871 bits per heavy atom. The third-order valence-corrected chi connectivity index (χ3v) is 7.09. The summed E-state index contributed by atoms with van der Waals surface area (Å²) in [6.07, 6.45) is 11.3. The van der Waals surface area contributed by atoms with Gasteiger partial charge in [-0.2, -0.15) is 0 Å².